The number of carbonyl (C=O) groups is 1. The van der Waals surface area contributed by atoms with Gasteiger partial charge in [-0.25, -0.2) is 9.67 Å². The molecule has 1 aromatic heterocycles. The number of ether oxygens (including phenoxy) is 1. The van der Waals surface area contributed by atoms with Crippen molar-refractivity contribution in [1.29, 1.82) is 0 Å². The number of rotatable bonds is 8. The van der Waals surface area contributed by atoms with E-state index in [0.29, 0.717) is 6.42 Å². The lowest BCUT2D eigenvalue weighted by Gasteiger charge is -2.21. The largest absolute Gasteiger partial charge is 0.468 e. The number of nitrogens with zero attached hydrogens (tertiary/aromatic N) is 3. The molecule has 6 nitrogen and oxygen atoms in total. The Morgan fingerprint density at radius 1 is 1.35 bits per heavy atom. The molecular weight excluding hydrogens is 256 g/mol. The number of unbranched alkanes of at least 4 members (excludes halogenated alkanes) is 1. The molecule has 1 rings (SSSR count). The zero-order chi connectivity index (χ0) is 15.2. The Labute approximate surface area is 120 Å². The van der Waals surface area contributed by atoms with Crippen molar-refractivity contribution in [3.8, 4) is 0 Å². The van der Waals surface area contributed by atoms with Gasteiger partial charge in [0.05, 0.1) is 7.11 Å². The minimum Gasteiger partial charge on any atom is -0.468 e. The molecule has 1 heterocycles. The Kier molecular flexibility index (Phi) is 6.13. The zero-order valence-electron chi connectivity index (χ0n) is 13.0. The Morgan fingerprint density at radius 3 is 2.60 bits per heavy atom. The van der Waals surface area contributed by atoms with E-state index >= 15 is 0 Å². The molecule has 0 saturated heterocycles. The molecule has 6 heteroatoms. The van der Waals surface area contributed by atoms with Gasteiger partial charge in [-0.05, 0) is 26.2 Å². The molecule has 2 N–H and O–H groups in total. The van der Waals surface area contributed by atoms with Crippen LogP contribution in [-0.2, 0) is 28.9 Å². The fraction of sp³-hybridized carbons (Fsp3) is 0.786. The van der Waals surface area contributed by atoms with Gasteiger partial charge in [0, 0.05) is 19.4 Å². The van der Waals surface area contributed by atoms with Crippen LogP contribution < -0.4 is 5.73 Å². The van der Waals surface area contributed by atoms with E-state index < -0.39 is 5.54 Å². The lowest BCUT2D eigenvalue weighted by molar-refractivity contribution is -0.146. The average Bonchev–Trinajstić information content (AvgIpc) is 2.85. The van der Waals surface area contributed by atoms with Crippen molar-refractivity contribution in [2.45, 2.75) is 65.0 Å². The Morgan fingerprint density at radius 2 is 2.05 bits per heavy atom. The van der Waals surface area contributed by atoms with Crippen LogP contribution in [0, 0.1) is 0 Å². The highest BCUT2D eigenvalue weighted by Gasteiger charge is 2.28. The quantitative estimate of drug-likeness (QED) is 0.576. The van der Waals surface area contributed by atoms with Crippen LogP contribution in [0.25, 0.3) is 0 Å². The van der Waals surface area contributed by atoms with Gasteiger partial charge in [0.15, 0.2) is 5.82 Å². The molecule has 114 valence electrons. The van der Waals surface area contributed by atoms with E-state index in [9.17, 15) is 4.79 Å². The standard InChI is InChI=1S/C14H26N4O2/c1-5-11-16-12(6-2)18(17-11)10-8-7-9-14(3,15)13(19)20-4/h5-10,15H2,1-4H3. The first-order valence-electron chi connectivity index (χ1n) is 7.24. The first-order chi connectivity index (χ1) is 9.44. The van der Waals surface area contributed by atoms with Crippen LogP contribution in [0.15, 0.2) is 0 Å². The van der Waals surface area contributed by atoms with Crippen molar-refractivity contribution in [2.24, 2.45) is 5.73 Å². The molecule has 0 aromatic carbocycles. The van der Waals surface area contributed by atoms with Gasteiger partial charge >= 0.3 is 5.97 Å². The highest BCUT2D eigenvalue weighted by Crippen LogP contribution is 2.13. The minimum atomic E-state index is -0.903. The summed E-state index contributed by atoms with van der Waals surface area (Å²) in [6.07, 6.45) is 4.11. The van der Waals surface area contributed by atoms with E-state index in [4.69, 9.17) is 10.5 Å². The minimum absolute atomic E-state index is 0.360. The molecule has 1 unspecified atom stereocenters. The van der Waals surface area contributed by atoms with E-state index in [1.54, 1.807) is 6.92 Å². The van der Waals surface area contributed by atoms with Gasteiger partial charge in [-0.2, -0.15) is 5.10 Å². The van der Waals surface area contributed by atoms with E-state index in [1.165, 1.54) is 7.11 Å². The topological polar surface area (TPSA) is 83.0 Å². The summed E-state index contributed by atoms with van der Waals surface area (Å²) >= 11 is 0. The number of nitrogens with two attached hydrogens (primary N) is 1. The van der Waals surface area contributed by atoms with Gasteiger partial charge < -0.3 is 10.5 Å². The maximum Gasteiger partial charge on any atom is 0.325 e. The molecule has 1 aromatic rings. The van der Waals surface area contributed by atoms with Crippen LogP contribution in [-0.4, -0.2) is 33.4 Å². The molecule has 0 spiro atoms. The molecule has 0 amide bonds. The fourth-order valence-corrected chi connectivity index (χ4v) is 2.11. The zero-order valence-corrected chi connectivity index (χ0v) is 13.0. The van der Waals surface area contributed by atoms with Crippen LogP contribution in [0.4, 0.5) is 0 Å². The van der Waals surface area contributed by atoms with Crippen molar-refractivity contribution in [3.63, 3.8) is 0 Å². The summed E-state index contributed by atoms with van der Waals surface area (Å²) in [4.78, 5) is 15.9. The van der Waals surface area contributed by atoms with Crippen LogP contribution >= 0.6 is 0 Å². The van der Waals surface area contributed by atoms with Crippen LogP contribution in [0.5, 0.6) is 0 Å². The third-order valence-electron chi connectivity index (χ3n) is 3.39. The van der Waals surface area contributed by atoms with Crippen molar-refractivity contribution in [2.75, 3.05) is 7.11 Å². The maximum absolute atomic E-state index is 11.5. The van der Waals surface area contributed by atoms with E-state index in [2.05, 4.69) is 23.9 Å². The second-order valence-corrected chi connectivity index (χ2v) is 5.24. The van der Waals surface area contributed by atoms with Crippen LogP contribution in [0.2, 0.25) is 0 Å². The lowest BCUT2D eigenvalue weighted by atomic mass is 9.96. The predicted molar refractivity (Wildman–Crippen MR) is 77.2 cm³/mol. The second kappa shape index (κ2) is 7.38. The first kappa shape index (κ1) is 16.6. The maximum atomic E-state index is 11.5. The third-order valence-corrected chi connectivity index (χ3v) is 3.39. The number of aromatic nitrogens is 3. The lowest BCUT2D eigenvalue weighted by Crippen LogP contribution is -2.45. The number of aryl methyl sites for hydroxylation is 3. The van der Waals surface area contributed by atoms with E-state index in [-0.39, 0.29) is 5.97 Å². The monoisotopic (exact) mass is 282 g/mol. The van der Waals surface area contributed by atoms with Gasteiger partial charge in [0.2, 0.25) is 0 Å². The fourth-order valence-electron chi connectivity index (χ4n) is 2.11. The normalized spacial score (nSPS) is 14.1. The van der Waals surface area contributed by atoms with Crippen molar-refractivity contribution >= 4 is 5.97 Å². The Balaban J connectivity index is 2.45. The van der Waals surface area contributed by atoms with Crippen molar-refractivity contribution < 1.29 is 9.53 Å². The number of carbonyl (C=O) groups excluding carboxylic acids is 1. The second-order valence-electron chi connectivity index (χ2n) is 5.24. The number of esters is 1. The highest BCUT2D eigenvalue weighted by molar-refractivity contribution is 5.79. The Bertz CT molecular complexity index is 440. The highest BCUT2D eigenvalue weighted by atomic mass is 16.5. The summed E-state index contributed by atoms with van der Waals surface area (Å²) in [5, 5.41) is 4.47. The van der Waals surface area contributed by atoms with Crippen LogP contribution in [0.3, 0.4) is 0 Å². The molecule has 0 fully saturated rings. The molecular formula is C14H26N4O2. The van der Waals surface area contributed by atoms with Gasteiger partial charge in [-0.3, -0.25) is 4.79 Å². The molecule has 0 saturated carbocycles. The SMILES string of the molecule is CCc1nc(CC)n(CCCCC(C)(N)C(=O)OC)n1. The van der Waals surface area contributed by atoms with E-state index in [1.807, 2.05) is 4.68 Å². The number of hydrogen-bond donors (Lipinski definition) is 1. The molecule has 20 heavy (non-hydrogen) atoms. The predicted octanol–water partition coefficient (Wildman–Crippen LogP) is 1.46. The summed E-state index contributed by atoms with van der Waals surface area (Å²) in [5.74, 6) is 1.55. The average molecular weight is 282 g/mol. The van der Waals surface area contributed by atoms with Gasteiger partial charge in [0.25, 0.3) is 0 Å². The van der Waals surface area contributed by atoms with E-state index in [0.717, 1.165) is 43.9 Å². The smallest absolute Gasteiger partial charge is 0.325 e. The number of hydrogen-bond acceptors (Lipinski definition) is 5. The van der Waals surface area contributed by atoms with Gasteiger partial charge in [0.1, 0.15) is 11.4 Å². The Hall–Kier alpha value is -1.43. The first-order valence-corrected chi connectivity index (χ1v) is 7.24. The summed E-state index contributed by atoms with van der Waals surface area (Å²) in [5.41, 5.74) is 5.02. The summed E-state index contributed by atoms with van der Waals surface area (Å²) < 4.78 is 6.66. The van der Waals surface area contributed by atoms with Crippen molar-refractivity contribution in [3.05, 3.63) is 11.6 Å². The number of methoxy groups -OCH3 is 1. The summed E-state index contributed by atoms with van der Waals surface area (Å²) in [7, 11) is 1.36. The molecule has 0 aliphatic heterocycles. The molecule has 1 atom stereocenters. The molecule has 0 aliphatic rings. The van der Waals surface area contributed by atoms with Gasteiger partial charge in [-0.15, -0.1) is 0 Å². The summed E-state index contributed by atoms with van der Waals surface area (Å²) in [6.45, 7) is 6.65. The van der Waals surface area contributed by atoms with Gasteiger partial charge in [-0.1, -0.05) is 13.8 Å². The molecule has 0 radical (unpaired) electrons. The molecule has 0 bridgehead atoms. The third kappa shape index (κ3) is 4.30. The van der Waals surface area contributed by atoms with Crippen molar-refractivity contribution in [1.82, 2.24) is 14.8 Å². The van der Waals surface area contributed by atoms with Crippen LogP contribution in [0.1, 0.15) is 51.7 Å². The molecule has 0 aliphatic carbocycles. The summed E-state index contributed by atoms with van der Waals surface area (Å²) in [6, 6.07) is 0.